The number of hydrogen-bond donors (Lipinski definition) is 2. The Kier molecular flexibility index (Phi) is 5.73. The Morgan fingerprint density at radius 1 is 1.14 bits per heavy atom. The lowest BCUT2D eigenvalue weighted by Gasteiger charge is -2.33. The second kappa shape index (κ2) is 9.22. The molecule has 37 heavy (non-hydrogen) atoms. The van der Waals surface area contributed by atoms with Crippen LogP contribution in [-0.2, 0) is 16.1 Å². The van der Waals surface area contributed by atoms with Crippen LogP contribution in [-0.4, -0.2) is 52.9 Å². The van der Waals surface area contributed by atoms with Crippen LogP contribution >= 0.6 is 0 Å². The van der Waals surface area contributed by atoms with Gasteiger partial charge in [-0.15, -0.1) is 0 Å². The van der Waals surface area contributed by atoms with E-state index in [1.54, 1.807) is 45.9 Å². The van der Waals surface area contributed by atoms with Crippen LogP contribution in [0.25, 0.3) is 10.9 Å². The number of carbonyl (C=O) groups is 2. The summed E-state index contributed by atoms with van der Waals surface area (Å²) in [5.41, 5.74) is 1.12. The van der Waals surface area contributed by atoms with E-state index in [9.17, 15) is 19.6 Å². The van der Waals surface area contributed by atoms with Crippen LogP contribution in [0.5, 0.6) is 5.75 Å². The third-order valence-corrected chi connectivity index (χ3v) is 7.13. The number of nitrogens with one attached hydrogen (secondary N) is 2. The second-order valence-electron chi connectivity index (χ2n) is 9.39. The van der Waals surface area contributed by atoms with E-state index in [1.807, 2.05) is 6.07 Å². The van der Waals surface area contributed by atoms with Gasteiger partial charge in [-0.05, 0) is 48.6 Å². The Bertz CT molecular complexity index is 1510. The van der Waals surface area contributed by atoms with Crippen molar-refractivity contribution in [3.63, 3.8) is 0 Å². The van der Waals surface area contributed by atoms with E-state index in [1.165, 1.54) is 0 Å². The van der Waals surface area contributed by atoms with Crippen molar-refractivity contribution in [2.24, 2.45) is 0 Å². The van der Waals surface area contributed by atoms with Crippen molar-refractivity contribution in [2.75, 3.05) is 23.4 Å². The Morgan fingerprint density at radius 2 is 2.00 bits per heavy atom. The third kappa shape index (κ3) is 4.25. The highest BCUT2D eigenvalue weighted by Crippen LogP contribution is 2.37. The van der Waals surface area contributed by atoms with Crippen molar-refractivity contribution in [1.29, 1.82) is 5.26 Å². The molecule has 3 atom stereocenters. The minimum absolute atomic E-state index is 0.0606. The van der Waals surface area contributed by atoms with Crippen molar-refractivity contribution >= 4 is 34.5 Å². The molecule has 1 saturated carbocycles. The lowest BCUT2D eigenvalue weighted by molar-refractivity contribution is -0.118. The maximum atomic E-state index is 12.8. The summed E-state index contributed by atoms with van der Waals surface area (Å²) in [7, 11) is 0. The van der Waals surface area contributed by atoms with Gasteiger partial charge in [-0.2, -0.15) is 5.26 Å². The Morgan fingerprint density at radius 3 is 2.86 bits per heavy atom. The first kappa shape index (κ1) is 23.0. The molecule has 2 amide bonds. The van der Waals surface area contributed by atoms with Gasteiger partial charge in [0.25, 0.3) is 11.5 Å². The lowest BCUT2D eigenvalue weighted by atomic mass is 9.88. The third-order valence-electron chi connectivity index (χ3n) is 7.13. The van der Waals surface area contributed by atoms with E-state index in [0.29, 0.717) is 42.5 Å². The molecule has 2 aliphatic heterocycles. The number of amides is 2. The summed E-state index contributed by atoms with van der Waals surface area (Å²) in [4.78, 5) is 42.9. The summed E-state index contributed by atoms with van der Waals surface area (Å²) in [6, 6.07) is 14.1. The fourth-order valence-electron chi connectivity index (χ4n) is 5.36. The number of nitrogens with zero attached hydrogens (tertiary/aromatic N) is 4. The molecular weight excluding hydrogens is 476 g/mol. The van der Waals surface area contributed by atoms with Crippen molar-refractivity contribution < 1.29 is 19.1 Å². The quantitative estimate of drug-likeness (QED) is 0.543. The smallest absolute Gasteiger partial charge is 0.416 e. The van der Waals surface area contributed by atoms with Gasteiger partial charge in [-0.25, -0.2) is 9.78 Å². The zero-order chi connectivity index (χ0) is 25.5. The Hall–Kier alpha value is -4.43. The lowest BCUT2D eigenvalue weighted by Crippen LogP contribution is -2.46. The van der Waals surface area contributed by atoms with Crippen molar-refractivity contribution in [3.8, 4) is 11.8 Å². The molecule has 3 aromatic rings. The van der Waals surface area contributed by atoms with Crippen LogP contribution in [0.4, 0.5) is 16.4 Å². The number of benzene rings is 1. The van der Waals surface area contributed by atoms with E-state index >= 15 is 0 Å². The fraction of sp³-hybridized carbons (Fsp3) is 0.346. The number of ether oxygens (including phenoxy) is 2. The number of anilines is 2. The Labute approximate surface area is 211 Å². The summed E-state index contributed by atoms with van der Waals surface area (Å²) in [5.74, 6) is 0.892. The predicted molar refractivity (Wildman–Crippen MR) is 133 cm³/mol. The molecule has 2 N–H and O–H groups in total. The SMILES string of the molecule is N#Cc1ccc2ccc(=O)n(CCN[C@@H]3CC[C@@H]4[C@@H](C3)OC(=O)N4c3ccc4c(n3)NC(=O)CO4)c2c1. The largest absolute Gasteiger partial charge is 0.480 e. The highest BCUT2D eigenvalue weighted by atomic mass is 16.6. The number of fused-ring (bicyclic) bond motifs is 3. The number of carbonyl (C=O) groups excluding carboxylic acids is 2. The summed E-state index contributed by atoms with van der Waals surface area (Å²) >= 11 is 0. The molecule has 2 fully saturated rings. The number of aromatic nitrogens is 2. The minimum atomic E-state index is -0.457. The van der Waals surface area contributed by atoms with Crippen molar-refractivity contribution in [2.45, 2.75) is 44.0 Å². The normalized spacial score (nSPS) is 22.5. The zero-order valence-corrected chi connectivity index (χ0v) is 19.8. The number of pyridine rings is 2. The average Bonchev–Trinajstić information content (AvgIpc) is 3.24. The first-order valence-corrected chi connectivity index (χ1v) is 12.2. The highest BCUT2D eigenvalue weighted by Gasteiger charge is 2.46. The fourth-order valence-corrected chi connectivity index (χ4v) is 5.36. The van der Waals surface area contributed by atoms with Gasteiger partial charge in [0.1, 0.15) is 11.9 Å². The van der Waals surface area contributed by atoms with Gasteiger partial charge < -0.3 is 24.7 Å². The molecule has 0 spiro atoms. The van der Waals surface area contributed by atoms with E-state index in [0.717, 1.165) is 23.7 Å². The van der Waals surface area contributed by atoms with Gasteiger partial charge >= 0.3 is 6.09 Å². The molecule has 2 aromatic heterocycles. The second-order valence-corrected chi connectivity index (χ2v) is 9.39. The number of nitriles is 1. The van der Waals surface area contributed by atoms with Crippen LogP contribution in [0, 0.1) is 11.3 Å². The molecule has 1 aliphatic carbocycles. The maximum Gasteiger partial charge on any atom is 0.416 e. The van der Waals surface area contributed by atoms with E-state index < -0.39 is 6.09 Å². The van der Waals surface area contributed by atoms with Gasteiger partial charge in [0.05, 0.1) is 23.2 Å². The molecule has 0 radical (unpaired) electrons. The van der Waals surface area contributed by atoms with Crippen LogP contribution in [0.3, 0.4) is 0 Å². The van der Waals surface area contributed by atoms with Crippen LogP contribution in [0.1, 0.15) is 24.8 Å². The summed E-state index contributed by atoms with van der Waals surface area (Å²) in [6.45, 7) is 0.949. The van der Waals surface area contributed by atoms with Crippen LogP contribution in [0.15, 0.2) is 47.3 Å². The van der Waals surface area contributed by atoms with E-state index in [2.05, 4.69) is 21.7 Å². The van der Waals surface area contributed by atoms with Crippen molar-refractivity contribution in [3.05, 3.63) is 58.4 Å². The zero-order valence-electron chi connectivity index (χ0n) is 19.8. The van der Waals surface area contributed by atoms with E-state index in [-0.39, 0.29) is 36.3 Å². The molecule has 11 heteroatoms. The average molecular weight is 501 g/mol. The standard InChI is InChI=1S/C26H24N6O5/c27-13-15-1-2-16-3-8-24(34)31(19(16)11-15)10-9-28-17-4-5-18-21(12-17)37-26(35)32(18)22-7-6-20-25(29-22)30-23(33)14-36-20/h1-3,6-8,11,17-18,21,28H,4-5,9-10,12,14H2,(H,29,30,33)/t17-,18-,21-/m1/s1. The van der Waals surface area contributed by atoms with Crippen LogP contribution < -0.4 is 25.8 Å². The number of hydrogen-bond acceptors (Lipinski definition) is 8. The molecule has 11 nitrogen and oxygen atoms in total. The minimum Gasteiger partial charge on any atom is -0.480 e. The molecule has 4 heterocycles. The maximum absolute atomic E-state index is 12.8. The molecule has 1 saturated heterocycles. The first-order valence-electron chi connectivity index (χ1n) is 12.2. The summed E-state index contributed by atoms with van der Waals surface area (Å²) in [5, 5.41) is 16.3. The molecule has 0 bridgehead atoms. The Balaban J connectivity index is 1.11. The van der Waals surface area contributed by atoms with Gasteiger partial charge in [0.15, 0.2) is 18.2 Å². The van der Waals surface area contributed by atoms with Gasteiger partial charge in [0, 0.05) is 31.6 Å². The molecule has 3 aliphatic rings. The van der Waals surface area contributed by atoms with E-state index in [4.69, 9.17) is 9.47 Å². The summed E-state index contributed by atoms with van der Waals surface area (Å²) in [6.07, 6.45) is 1.43. The predicted octanol–water partition coefficient (Wildman–Crippen LogP) is 2.14. The van der Waals surface area contributed by atoms with Gasteiger partial charge in [-0.3, -0.25) is 14.5 Å². The van der Waals surface area contributed by atoms with Crippen LogP contribution in [0.2, 0.25) is 0 Å². The number of rotatable bonds is 5. The molecular formula is C26H24N6O5. The first-order chi connectivity index (χ1) is 18.0. The van der Waals surface area contributed by atoms with Crippen molar-refractivity contribution in [1.82, 2.24) is 14.9 Å². The summed E-state index contributed by atoms with van der Waals surface area (Å²) < 4.78 is 12.7. The molecule has 1 aromatic carbocycles. The monoisotopic (exact) mass is 500 g/mol. The topological polar surface area (TPSA) is 139 Å². The van der Waals surface area contributed by atoms with Gasteiger partial charge in [0.2, 0.25) is 0 Å². The van der Waals surface area contributed by atoms with Gasteiger partial charge in [-0.1, -0.05) is 6.07 Å². The highest BCUT2D eigenvalue weighted by molar-refractivity contribution is 5.95. The molecule has 188 valence electrons. The molecule has 6 rings (SSSR count). The molecule has 0 unspecified atom stereocenters.